The maximum Gasteiger partial charge on any atom is 0.264 e. The molecule has 214 valence electrons. The first-order valence-electron chi connectivity index (χ1n) is 12.8. The monoisotopic (exact) mass is 587 g/mol. The number of halogens is 1. The molecule has 9 nitrogen and oxygen atoms in total. The van der Waals surface area contributed by atoms with Gasteiger partial charge in [-0.25, -0.2) is 8.42 Å². The van der Waals surface area contributed by atoms with Crippen LogP contribution in [0, 0.1) is 0 Å². The van der Waals surface area contributed by atoms with Crippen molar-refractivity contribution in [3.8, 4) is 11.5 Å². The van der Waals surface area contributed by atoms with Crippen LogP contribution in [0.3, 0.4) is 0 Å². The molecule has 0 saturated carbocycles. The molecule has 0 aliphatic carbocycles. The molecule has 1 N–H and O–H groups in total. The van der Waals surface area contributed by atoms with Crippen molar-refractivity contribution in [3.63, 3.8) is 0 Å². The first-order chi connectivity index (χ1) is 19.2. The largest absolute Gasteiger partial charge is 0.497 e. The molecule has 11 heteroatoms. The van der Waals surface area contributed by atoms with Crippen LogP contribution in [0.2, 0.25) is 5.02 Å². The maximum absolute atomic E-state index is 14.0. The number of nitrogens with one attached hydrogen (secondary N) is 1. The third-order valence-corrected chi connectivity index (χ3v) is 8.31. The summed E-state index contributed by atoms with van der Waals surface area (Å²) >= 11 is 6.05. The molecule has 0 saturated heterocycles. The highest BCUT2D eigenvalue weighted by Crippen LogP contribution is 2.33. The number of ether oxygens (including phenoxy) is 2. The van der Waals surface area contributed by atoms with Crippen LogP contribution in [-0.2, 0) is 26.2 Å². The molecule has 3 rings (SSSR count). The van der Waals surface area contributed by atoms with E-state index < -0.39 is 28.5 Å². The zero-order valence-electron chi connectivity index (χ0n) is 23.0. The van der Waals surface area contributed by atoms with E-state index in [1.54, 1.807) is 62.4 Å². The van der Waals surface area contributed by atoms with Crippen molar-refractivity contribution in [2.45, 2.75) is 37.8 Å². The summed E-state index contributed by atoms with van der Waals surface area (Å²) in [5, 5.41) is 3.31. The van der Waals surface area contributed by atoms with Crippen molar-refractivity contribution in [1.29, 1.82) is 0 Å². The molecular weight excluding hydrogens is 554 g/mol. The van der Waals surface area contributed by atoms with Gasteiger partial charge in [-0.05, 0) is 67.4 Å². The Labute approximate surface area is 240 Å². The summed E-state index contributed by atoms with van der Waals surface area (Å²) < 4.78 is 39.6. The topological polar surface area (TPSA) is 105 Å². The zero-order valence-corrected chi connectivity index (χ0v) is 24.5. The lowest BCUT2D eigenvalue weighted by Crippen LogP contribution is -2.52. The summed E-state index contributed by atoms with van der Waals surface area (Å²) in [5.41, 5.74) is 0.925. The molecule has 0 aromatic heterocycles. The van der Waals surface area contributed by atoms with E-state index in [1.165, 1.54) is 43.4 Å². The number of anilines is 1. The van der Waals surface area contributed by atoms with Gasteiger partial charge in [0.2, 0.25) is 11.8 Å². The summed E-state index contributed by atoms with van der Waals surface area (Å²) in [6, 6.07) is 18.5. The minimum atomic E-state index is -4.25. The maximum atomic E-state index is 14.0. The second-order valence-electron chi connectivity index (χ2n) is 8.83. The standard InChI is InChI=1S/C29H34ClN3O6S/c1-5-25(29(35)31-6-2)32(19-21-11-13-22(30)14-12-21)28(34)20-33(26-9-7-8-10-27(26)39-4)40(36,37)24-17-15-23(38-3)16-18-24/h7-18,25H,5-6,19-20H2,1-4H3,(H,31,35)/t25-/m0/s1. The van der Waals surface area contributed by atoms with Gasteiger partial charge in [-0.1, -0.05) is 42.8 Å². The Kier molecular flexibility index (Phi) is 10.8. The van der Waals surface area contributed by atoms with Gasteiger partial charge < -0.3 is 19.7 Å². The van der Waals surface area contributed by atoms with E-state index in [-0.39, 0.29) is 28.8 Å². The van der Waals surface area contributed by atoms with E-state index in [9.17, 15) is 18.0 Å². The lowest BCUT2D eigenvalue weighted by molar-refractivity contribution is -0.140. The molecule has 3 aromatic rings. The SMILES string of the molecule is CCNC(=O)[C@H](CC)N(Cc1ccc(Cl)cc1)C(=O)CN(c1ccccc1OC)S(=O)(=O)c1ccc(OC)cc1. The van der Waals surface area contributed by atoms with Crippen LogP contribution in [0.5, 0.6) is 11.5 Å². The molecule has 1 atom stereocenters. The van der Waals surface area contributed by atoms with Crippen molar-refractivity contribution < 1.29 is 27.5 Å². The van der Waals surface area contributed by atoms with Gasteiger partial charge in [0.15, 0.2) is 0 Å². The van der Waals surface area contributed by atoms with Crippen LogP contribution in [0.25, 0.3) is 0 Å². The normalized spacial score (nSPS) is 11.8. The Hall–Kier alpha value is -3.76. The highest BCUT2D eigenvalue weighted by Gasteiger charge is 2.34. The van der Waals surface area contributed by atoms with Gasteiger partial charge in [0.1, 0.15) is 24.1 Å². The van der Waals surface area contributed by atoms with Crippen molar-refractivity contribution in [2.75, 3.05) is 31.6 Å². The number of benzene rings is 3. The Morgan fingerprint density at radius 1 is 0.925 bits per heavy atom. The molecule has 0 bridgehead atoms. The summed E-state index contributed by atoms with van der Waals surface area (Å²) in [7, 11) is -1.34. The van der Waals surface area contributed by atoms with Crippen molar-refractivity contribution in [3.05, 3.63) is 83.4 Å². The number of nitrogens with zero attached hydrogens (tertiary/aromatic N) is 2. The molecule has 0 aliphatic heterocycles. The average molecular weight is 588 g/mol. The van der Waals surface area contributed by atoms with E-state index in [4.69, 9.17) is 21.1 Å². The van der Waals surface area contributed by atoms with Gasteiger partial charge in [0.25, 0.3) is 10.0 Å². The van der Waals surface area contributed by atoms with Crippen molar-refractivity contribution in [2.24, 2.45) is 0 Å². The number of likely N-dealkylation sites (N-methyl/N-ethyl adjacent to an activating group) is 1. The van der Waals surface area contributed by atoms with E-state index in [2.05, 4.69) is 5.32 Å². The summed E-state index contributed by atoms with van der Waals surface area (Å²) in [5.74, 6) is -0.127. The minimum Gasteiger partial charge on any atom is -0.497 e. The van der Waals surface area contributed by atoms with Crippen LogP contribution in [0.15, 0.2) is 77.7 Å². The number of carbonyl (C=O) groups is 2. The van der Waals surface area contributed by atoms with Gasteiger partial charge in [-0.15, -0.1) is 0 Å². The molecule has 2 amide bonds. The van der Waals surface area contributed by atoms with E-state index in [0.717, 1.165) is 9.87 Å². The van der Waals surface area contributed by atoms with Gasteiger partial charge in [-0.2, -0.15) is 0 Å². The van der Waals surface area contributed by atoms with Crippen LogP contribution >= 0.6 is 11.6 Å². The molecule has 0 spiro atoms. The number of methoxy groups -OCH3 is 2. The summed E-state index contributed by atoms with van der Waals surface area (Å²) in [4.78, 5) is 28.4. The average Bonchev–Trinajstić information content (AvgIpc) is 2.96. The number of amides is 2. The number of hydrogen-bond acceptors (Lipinski definition) is 6. The molecule has 0 unspecified atom stereocenters. The zero-order chi connectivity index (χ0) is 29.3. The number of hydrogen-bond donors (Lipinski definition) is 1. The number of para-hydroxylation sites is 2. The number of rotatable bonds is 13. The van der Waals surface area contributed by atoms with Gasteiger partial charge in [0.05, 0.1) is 24.8 Å². The fourth-order valence-electron chi connectivity index (χ4n) is 4.22. The third-order valence-electron chi connectivity index (χ3n) is 6.28. The lowest BCUT2D eigenvalue weighted by Gasteiger charge is -2.33. The van der Waals surface area contributed by atoms with Gasteiger partial charge in [-0.3, -0.25) is 13.9 Å². The Morgan fingerprint density at radius 2 is 1.57 bits per heavy atom. The van der Waals surface area contributed by atoms with Crippen LogP contribution in [0.4, 0.5) is 5.69 Å². The van der Waals surface area contributed by atoms with E-state index in [1.807, 2.05) is 0 Å². The fourth-order valence-corrected chi connectivity index (χ4v) is 5.77. The van der Waals surface area contributed by atoms with E-state index in [0.29, 0.717) is 23.7 Å². The first-order valence-corrected chi connectivity index (χ1v) is 14.6. The lowest BCUT2D eigenvalue weighted by atomic mass is 10.1. The molecule has 40 heavy (non-hydrogen) atoms. The smallest absolute Gasteiger partial charge is 0.264 e. The predicted molar refractivity (Wildman–Crippen MR) is 155 cm³/mol. The van der Waals surface area contributed by atoms with Crippen LogP contribution < -0.4 is 19.1 Å². The summed E-state index contributed by atoms with van der Waals surface area (Å²) in [6.07, 6.45) is 0.324. The van der Waals surface area contributed by atoms with Crippen LogP contribution in [0.1, 0.15) is 25.8 Å². The molecule has 3 aromatic carbocycles. The highest BCUT2D eigenvalue weighted by molar-refractivity contribution is 7.92. The molecule has 0 radical (unpaired) electrons. The number of sulfonamides is 1. The Bertz CT molecular complexity index is 1400. The molecular formula is C29H34ClN3O6S. The second kappa shape index (κ2) is 14.0. The predicted octanol–water partition coefficient (Wildman–Crippen LogP) is 4.50. The summed E-state index contributed by atoms with van der Waals surface area (Å²) in [6.45, 7) is 3.48. The van der Waals surface area contributed by atoms with Crippen molar-refractivity contribution >= 4 is 39.1 Å². The van der Waals surface area contributed by atoms with E-state index >= 15 is 0 Å². The number of carbonyl (C=O) groups excluding carboxylic acids is 2. The Morgan fingerprint density at radius 3 is 2.15 bits per heavy atom. The highest BCUT2D eigenvalue weighted by atomic mass is 35.5. The molecule has 0 aliphatic rings. The molecule has 0 heterocycles. The fraction of sp³-hybridized carbons (Fsp3) is 0.310. The van der Waals surface area contributed by atoms with Gasteiger partial charge in [0, 0.05) is 18.1 Å². The second-order valence-corrected chi connectivity index (χ2v) is 11.1. The van der Waals surface area contributed by atoms with Crippen molar-refractivity contribution in [1.82, 2.24) is 10.2 Å². The van der Waals surface area contributed by atoms with Crippen LogP contribution in [-0.4, -0.2) is 58.5 Å². The first kappa shape index (κ1) is 30.8. The molecule has 0 fully saturated rings. The quantitative estimate of drug-likeness (QED) is 0.316. The van der Waals surface area contributed by atoms with Gasteiger partial charge >= 0.3 is 0 Å². The Balaban J connectivity index is 2.09. The minimum absolute atomic E-state index is 0.0352. The third kappa shape index (κ3) is 7.25.